The first-order valence-corrected chi connectivity index (χ1v) is 9.54. The van der Waals surface area contributed by atoms with Gasteiger partial charge in [-0.3, -0.25) is 4.79 Å². The van der Waals surface area contributed by atoms with E-state index < -0.39 is 11.4 Å². The SMILES string of the molecule is Cc1nc(O[C@H]2CC[C@@]3(CC2)C(=O)Nc2ccc(C(=O)O)cc23)nc(C)c1Cl. The highest BCUT2D eigenvalue weighted by molar-refractivity contribution is 6.31. The molecule has 0 radical (unpaired) electrons. The zero-order chi connectivity index (χ0) is 20.1. The molecule has 146 valence electrons. The molecule has 1 amide bonds. The van der Waals surface area contributed by atoms with Crippen LogP contribution in [0.15, 0.2) is 18.2 Å². The van der Waals surface area contributed by atoms with Crippen molar-refractivity contribution in [1.29, 1.82) is 0 Å². The number of carbonyl (C=O) groups excluding carboxylic acids is 1. The van der Waals surface area contributed by atoms with Gasteiger partial charge in [0.2, 0.25) is 5.91 Å². The summed E-state index contributed by atoms with van der Waals surface area (Å²) in [6.45, 7) is 3.61. The summed E-state index contributed by atoms with van der Waals surface area (Å²) < 4.78 is 5.95. The van der Waals surface area contributed by atoms with E-state index in [1.165, 1.54) is 6.07 Å². The maximum absolute atomic E-state index is 12.7. The van der Waals surface area contributed by atoms with Gasteiger partial charge >= 0.3 is 12.0 Å². The van der Waals surface area contributed by atoms with E-state index in [1.54, 1.807) is 26.0 Å². The second-order valence-electron chi connectivity index (χ2n) is 7.41. The fourth-order valence-corrected chi connectivity index (χ4v) is 4.20. The van der Waals surface area contributed by atoms with Gasteiger partial charge < -0.3 is 15.2 Å². The number of amides is 1. The van der Waals surface area contributed by atoms with Crippen molar-refractivity contribution in [3.05, 3.63) is 45.7 Å². The molecule has 4 rings (SSSR count). The Morgan fingerprint density at radius 1 is 1.25 bits per heavy atom. The Kier molecular flexibility index (Phi) is 4.50. The molecule has 2 N–H and O–H groups in total. The minimum Gasteiger partial charge on any atom is -0.478 e. The van der Waals surface area contributed by atoms with E-state index >= 15 is 0 Å². The van der Waals surface area contributed by atoms with E-state index in [0.29, 0.717) is 53.8 Å². The normalized spacial score (nSPS) is 23.4. The zero-order valence-electron chi connectivity index (χ0n) is 15.6. The third-order valence-corrected chi connectivity index (χ3v) is 6.23. The number of aromatic carboxylic acids is 1. The zero-order valence-corrected chi connectivity index (χ0v) is 16.3. The van der Waals surface area contributed by atoms with Crippen LogP contribution in [0.25, 0.3) is 0 Å². The first kappa shape index (κ1) is 18.7. The van der Waals surface area contributed by atoms with Crippen molar-refractivity contribution in [2.45, 2.75) is 51.0 Å². The number of nitrogens with one attached hydrogen (secondary N) is 1. The molecular formula is C20H20ClN3O4. The van der Waals surface area contributed by atoms with Crippen LogP contribution in [0, 0.1) is 13.8 Å². The summed E-state index contributed by atoms with van der Waals surface area (Å²) in [6.07, 6.45) is 2.34. The summed E-state index contributed by atoms with van der Waals surface area (Å²) in [5.41, 5.74) is 2.29. The van der Waals surface area contributed by atoms with Crippen LogP contribution in [0.1, 0.15) is 53.0 Å². The van der Waals surface area contributed by atoms with E-state index in [1.807, 2.05) is 0 Å². The number of benzene rings is 1. The van der Waals surface area contributed by atoms with Crippen LogP contribution in [0.4, 0.5) is 5.69 Å². The minimum absolute atomic E-state index is 0.0714. The topological polar surface area (TPSA) is 101 Å². The summed E-state index contributed by atoms with van der Waals surface area (Å²) in [6, 6.07) is 5.09. The van der Waals surface area contributed by atoms with Crippen molar-refractivity contribution in [3.8, 4) is 6.01 Å². The number of carbonyl (C=O) groups is 2. The third-order valence-electron chi connectivity index (χ3n) is 5.69. The molecule has 0 unspecified atom stereocenters. The first-order chi connectivity index (χ1) is 13.3. The van der Waals surface area contributed by atoms with Crippen molar-refractivity contribution < 1.29 is 19.4 Å². The molecule has 1 aromatic heterocycles. The molecule has 1 spiro atoms. The van der Waals surface area contributed by atoms with Gasteiger partial charge in [-0.15, -0.1) is 0 Å². The summed E-state index contributed by atoms with van der Waals surface area (Å²) in [7, 11) is 0. The molecule has 2 aliphatic rings. The van der Waals surface area contributed by atoms with Crippen molar-refractivity contribution in [2.75, 3.05) is 5.32 Å². The molecule has 0 saturated heterocycles. The molecular weight excluding hydrogens is 382 g/mol. The molecule has 2 aromatic rings. The number of anilines is 1. The molecule has 1 fully saturated rings. The fourth-order valence-electron chi connectivity index (χ4n) is 4.12. The van der Waals surface area contributed by atoms with Crippen LogP contribution in [0.3, 0.4) is 0 Å². The Morgan fingerprint density at radius 2 is 1.89 bits per heavy atom. The molecule has 8 heteroatoms. The second-order valence-corrected chi connectivity index (χ2v) is 7.79. The fraction of sp³-hybridized carbons (Fsp3) is 0.400. The number of rotatable bonds is 3. The number of halogens is 1. The summed E-state index contributed by atoms with van der Waals surface area (Å²) in [5.74, 6) is -1.07. The van der Waals surface area contributed by atoms with Gasteiger partial charge in [0, 0.05) is 5.69 Å². The number of nitrogens with zero attached hydrogens (tertiary/aromatic N) is 2. The lowest BCUT2D eigenvalue weighted by molar-refractivity contribution is -0.122. The van der Waals surface area contributed by atoms with E-state index in [9.17, 15) is 14.7 Å². The maximum Gasteiger partial charge on any atom is 0.335 e. The number of hydrogen-bond donors (Lipinski definition) is 2. The quantitative estimate of drug-likeness (QED) is 0.813. The highest BCUT2D eigenvalue weighted by Crippen LogP contribution is 2.48. The molecule has 28 heavy (non-hydrogen) atoms. The lowest BCUT2D eigenvalue weighted by Crippen LogP contribution is -2.41. The predicted octanol–water partition coefficient (Wildman–Crippen LogP) is 3.66. The Labute approximate surface area is 167 Å². The van der Waals surface area contributed by atoms with Crippen LogP contribution in [-0.4, -0.2) is 33.1 Å². The standard InChI is InChI=1S/C20H20ClN3O4/c1-10-16(21)11(2)23-19(22-10)28-13-5-7-20(8-6-13)14-9-12(17(25)26)3-4-15(14)24-18(20)27/h3-4,9,13H,5-8H2,1-2H3,(H,24,27)(H,25,26)/t13-,20-. The minimum atomic E-state index is -1.00. The Balaban J connectivity index is 1.54. The third kappa shape index (κ3) is 2.99. The van der Waals surface area contributed by atoms with Crippen molar-refractivity contribution in [2.24, 2.45) is 0 Å². The molecule has 1 aliphatic heterocycles. The van der Waals surface area contributed by atoms with Gasteiger partial charge in [-0.25, -0.2) is 4.79 Å². The molecule has 7 nitrogen and oxygen atoms in total. The van der Waals surface area contributed by atoms with Gasteiger partial charge in [0.15, 0.2) is 0 Å². The molecule has 0 atom stereocenters. The average Bonchev–Trinajstić information content (AvgIpc) is 2.92. The van der Waals surface area contributed by atoms with Crippen molar-refractivity contribution in [1.82, 2.24) is 9.97 Å². The number of hydrogen-bond acceptors (Lipinski definition) is 5. The molecule has 1 saturated carbocycles. The number of fused-ring (bicyclic) bond motifs is 2. The monoisotopic (exact) mass is 401 g/mol. The number of aryl methyl sites for hydroxylation is 2. The molecule has 1 aliphatic carbocycles. The number of ether oxygens (including phenoxy) is 1. The molecule has 1 aromatic carbocycles. The Morgan fingerprint density at radius 3 is 2.50 bits per heavy atom. The van der Waals surface area contributed by atoms with E-state index in [-0.39, 0.29) is 17.6 Å². The Hall–Kier alpha value is -2.67. The maximum atomic E-state index is 12.7. The van der Waals surface area contributed by atoms with Crippen LogP contribution in [0.2, 0.25) is 5.02 Å². The first-order valence-electron chi connectivity index (χ1n) is 9.17. The van der Waals surface area contributed by atoms with Crippen LogP contribution in [0.5, 0.6) is 6.01 Å². The summed E-state index contributed by atoms with van der Waals surface area (Å²) in [5, 5.41) is 12.7. The highest BCUT2D eigenvalue weighted by Gasteiger charge is 2.49. The highest BCUT2D eigenvalue weighted by atomic mass is 35.5. The number of carboxylic acids is 1. The number of carboxylic acid groups (broad SMARTS) is 1. The largest absolute Gasteiger partial charge is 0.478 e. The van der Waals surface area contributed by atoms with E-state index in [0.717, 1.165) is 5.56 Å². The van der Waals surface area contributed by atoms with Crippen LogP contribution < -0.4 is 10.1 Å². The molecule has 0 bridgehead atoms. The van der Waals surface area contributed by atoms with Crippen LogP contribution in [-0.2, 0) is 10.2 Å². The smallest absolute Gasteiger partial charge is 0.335 e. The van der Waals surface area contributed by atoms with E-state index in [2.05, 4.69) is 15.3 Å². The molecule has 2 heterocycles. The number of aromatic nitrogens is 2. The van der Waals surface area contributed by atoms with Gasteiger partial charge in [-0.05, 0) is 63.3 Å². The van der Waals surface area contributed by atoms with Crippen molar-refractivity contribution in [3.63, 3.8) is 0 Å². The second kappa shape index (κ2) is 6.74. The van der Waals surface area contributed by atoms with E-state index in [4.69, 9.17) is 16.3 Å². The average molecular weight is 402 g/mol. The van der Waals surface area contributed by atoms with Gasteiger partial charge in [0.05, 0.1) is 27.4 Å². The van der Waals surface area contributed by atoms with Gasteiger partial charge in [0.25, 0.3) is 0 Å². The predicted molar refractivity (Wildman–Crippen MR) is 103 cm³/mol. The summed E-state index contributed by atoms with van der Waals surface area (Å²) in [4.78, 5) is 32.7. The summed E-state index contributed by atoms with van der Waals surface area (Å²) >= 11 is 6.11. The van der Waals surface area contributed by atoms with Crippen LogP contribution >= 0.6 is 11.6 Å². The Bertz CT molecular complexity index is 960. The van der Waals surface area contributed by atoms with Gasteiger partial charge in [0.1, 0.15) is 6.10 Å². The van der Waals surface area contributed by atoms with Gasteiger partial charge in [-0.1, -0.05) is 11.6 Å². The lowest BCUT2D eigenvalue weighted by Gasteiger charge is -2.35. The lowest BCUT2D eigenvalue weighted by atomic mass is 9.69. The van der Waals surface area contributed by atoms with Gasteiger partial charge in [-0.2, -0.15) is 9.97 Å². The van der Waals surface area contributed by atoms with Crippen molar-refractivity contribution >= 4 is 29.2 Å².